The van der Waals surface area contributed by atoms with Gasteiger partial charge in [0.25, 0.3) is 10.1 Å². The number of nitrogens with zero attached hydrogens (tertiary/aromatic N) is 1. The molecule has 0 aromatic carbocycles. The zero-order valence-corrected chi connectivity index (χ0v) is 19.3. The first-order valence-electron chi connectivity index (χ1n) is 9.33. The Balaban J connectivity index is 2.74. The van der Waals surface area contributed by atoms with Crippen molar-refractivity contribution in [1.82, 2.24) is 4.90 Å². The van der Waals surface area contributed by atoms with Crippen molar-refractivity contribution in [3.05, 3.63) is 12.7 Å². The average Bonchev–Trinajstić information content (AvgIpc) is 2.89. The van der Waals surface area contributed by atoms with Gasteiger partial charge < -0.3 is 14.1 Å². The molecule has 0 aliphatic carbocycles. The minimum atomic E-state index is -3.45. The maximum Gasteiger partial charge on any atom is 0.410 e. The highest BCUT2D eigenvalue weighted by Gasteiger charge is 2.43. The van der Waals surface area contributed by atoms with Gasteiger partial charge in [0.05, 0.1) is 19.0 Å². The molecule has 27 heavy (non-hydrogen) atoms. The second kappa shape index (κ2) is 9.53. The van der Waals surface area contributed by atoms with Crippen molar-refractivity contribution in [3.8, 4) is 0 Å². The Bertz CT molecular complexity index is 614. The first-order chi connectivity index (χ1) is 12.3. The smallest absolute Gasteiger partial charge is 0.410 e. The summed E-state index contributed by atoms with van der Waals surface area (Å²) >= 11 is 0. The summed E-state index contributed by atoms with van der Waals surface area (Å²) in [6.07, 6.45) is 4.03. The van der Waals surface area contributed by atoms with Gasteiger partial charge in [-0.1, -0.05) is 33.4 Å². The zero-order chi connectivity index (χ0) is 20.9. The lowest BCUT2D eigenvalue weighted by atomic mass is 10.1. The predicted molar refractivity (Wildman–Crippen MR) is 109 cm³/mol. The minimum absolute atomic E-state index is 0.0389. The number of carbonyl (C=O) groups is 1. The number of hydrogen-bond donors (Lipinski definition) is 0. The van der Waals surface area contributed by atoms with Crippen molar-refractivity contribution < 1.29 is 26.6 Å². The molecule has 0 saturated carbocycles. The van der Waals surface area contributed by atoms with E-state index in [0.29, 0.717) is 25.8 Å². The van der Waals surface area contributed by atoms with Gasteiger partial charge in [0, 0.05) is 12.6 Å². The van der Waals surface area contributed by atoms with Gasteiger partial charge in [0.1, 0.15) is 6.61 Å². The molecule has 1 amide bonds. The van der Waals surface area contributed by atoms with Crippen LogP contribution in [0.1, 0.15) is 40.0 Å². The van der Waals surface area contributed by atoms with Crippen LogP contribution in [0.3, 0.4) is 0 Å². The van der Waals surface area contributed by atoms with Gasteiger partial charge >= 0.3 is 6.09 Å². The van der Waals surface area contributed by atoms with E-state index in [2.05, 4.69) is 40.4 Å². The van der Waals surface area contributed by atoms with Gasteiger partial charge in [0.15, 0.2) is 8.32 Å². The first kappa shape index (κ1) is 24.1. The Labute approximate surface area is 165 Å². The lowest BCUT2D eigenvalue weighted by Gasteiger charge is -2.38. The van der Waals surface area contributed by atoms with Gasteiger partial charge in [-0.25, -0.2) is 4.79 Å². The normalized spacial score (nSPS) is 21.3. The Morgan fingerprint density at radius 2 is 1.96 bits per heavy atom. The maximum absolute atomic E-state index is 12.4. The molecular weight excluding hydrogens is 386 g/mol. The highest BCUT2D eigenvalue weighted by Crippen LogP contribution is 2.39. The van der Waals surface area contributed by atoms with Crippen molar-refractivity contribution in [3.63, 3.8) is 0 Å². The first-order valence-corrected chi connectivity index (χ1v) is 14.1. The minimum Gasteiger partial charge on any atom is -0.445 e. The molecule has 0 bridgehead atoms. The van der Waals surface area contributed by atoms with Crippen molar-refractivity contribution in [2.45, 2.75) is 70.3 Å². The van der Waals surface area contributed by atoms with Gasteiger partial charge in [-0.05, 0) is 37.4 Å². The van der Waals surface area contributed by atoms with E-state index in [1.165, 1.54) is 6.08 Å². The molecule has 2 unspecified atom stereocenters. The molecule has 1 aliphatic rings. The van der Waals surface area contributed by atoms with Crippen LogP contribution in [-0.4, -0.2) is 65.9 Å². The second-order valence-electron chi connectivity index (χ2n) is 8.58. The molecular formula is C18H35NO6SSi. The molecule has 1 fully saturated rings. The Morgan fingerprint density at radius 3 is 2.48 bits per heavy atom. The third kappa shape index (κ3) is 7.93. The summed E-state index contributed by atoms with van der Waals surface area (Å²) in [6.45, 7) is 15.3. The van der Waals surface area contributed by atoms with Crippen LogP contribution in [0.15, 0.2) is 12.7 Å². The van der Waals surface area contributed by atoms with Crippen molar-refractivity contribution >= 4 is 24.5 Å². The van der Waals surface area contributed by atoms with Crippen LogP contribution in [-0.2, 0) is 23.5 Å². The largest absolute Gasteiger partial charge is 0.445 e. The van der Waals surface area contributed by atoms with Crippen molar-refractivity contribution in [1.29, 1.82) is 0 Å². The van der Waals surface area contributed by atoms with E-state index in [1.807, 2.05) is 0 Å². The summed E-state index contributed by atoms with van der Waals surface area (Å²) in [7, 11) is -5.40. The number of amides is 1. The fourth-order valence-electron chi connectivity index (χ4n) is 2.79. The molecule has 0 N–H and O–H groups in total. The number of likely N-dealkylation sites (tertiary alicyclic amines) is 1. The van der Waals surface area contributed by atoms with Gasteiger partial charge in [-0.2, -0.15) is 8.42 Å². The van der Waals surface area contributed by atoms with Gasteiger partial charge in [0.2, 0.25) is 0 Å². The van der Waals surface area contributed by atoms with E-state index in [4.69, 9.17) is 13.3 Å². The lowest BCUT2D eigenvalue weighted by molar-refractivity contribution is 0.101. The highest BCUT2D eigenvalue weighted by molar-refractivity contribution is 7.85. The molecule has 0 spiro atoms. The standard InChI is InChI=1S/C18H35NO6SSi/c1-8-11-23-17(20)19-14-16(25-27(6,7)18(2,3)4)13-15(19)10-9-12-24-26(5,21)22/h8,15-16H,1,9-14H2,2-7H3. The molecule has 0 aromatic rings. The second-order valence-corrected chi connectivity index (χ2v) is 15.0. The van der Waals surface area contributed by atoms with Crippen LogP contribution >= 0.6 is 0 Å². The SMILES string of the molecule is C=CCOC(=O)N1CC(O[Si](C)(C)C(C)(C)C)CC1CCCOS(C)(=O)=O. The summed E-state index contributed by atoms with van der Waals surface area (Å²) in [6, 6.07) is -0.0553. The van der Waals surface area contributed by atoms with E-state index < -0.39 is 18.4 Å². The Hall–Kier alpha value is -0.903. The van der Waals surface area contributed by atoms with E-state index in [9.17, 15) is 13.2 Å². The van der Waals surface area contributed by atoms with Crippen LogP contribution in [0.25, 0.3) is 0 Å². The average molecular weight is 422 g/mol. The fourth-order valence-corrected chi connectivity index (χ4v) is 4.57. The molecule has 2 atom stereocenters. The number of hydrogen-bond acceptors (Lipinski definition) is 6. The van der Waals surface area contributed by atoms with Crippen molar-refractivity contribution in [2.75, 3.05) is 26.0 Å². The third-order valence-corrected chi connectivity index (χ3v) is 10.3. The summed E-state index contributed by atoms with van der Waals surface area (Å²) in [5.41, 5.74) is 0. The van der Waals surface area contributed by atoms with E-state index in [-0.39, 0.29) is 36.5 Å². The van der Waals surface area contributed by atoms with Crippen molar-refractivity contribution in [2.24, 2.45) is 0 Å². The maximum atomic E-state index is 12.4. The molecule has 1 heterocycles. The van der Waals surface area contributed by atoms with Crippen LogP contribution in [0, 0.1) is 0 Å². The monoisotopic (exact) mass is 421 g/mol. The topological polar surface area (TPSA) is 82.1 Å². The number of ether oxygens (including phenoxy) is 1. The molecule has 9 heteroatoms. The van der Waals surface area contributed by atoms with Crippen LogP contribution in [0.2, 0.25) is 18.1 Å². The summed E-state index contributed by atoms with van der Waals surface area (Å²) in [5, 5.41) is 0.0859. The molecule has 158 valence electrons. The molecule has 0 aromatic heterocycles. The quantitative estimate of drug-likeness (QED) is 0.245. The van der Waals surface area contributed by atoms with E-state index in [0.717, 1.165) is 6.26 Å². The van der Waals surface area contributed by atoms with Gasteiger partial charge in [-0.3, -0.25) is 4.18 Å². The summed E-state index contributed by atoms with van der Waals surface area (Å²) < 4.78 is 38.7. The fraction of sp³-hybridized carbons (Fsp3) is 0.833. The summed E-state index contributed by atoms with van der Waals surface area (Å²) in [4.78, 5) is 14.1. The molecule has 1 saturated heterocycles. The highest BCUT2D eigenvalue weighted by atomic mass is 32.2. The van der Waals surface area contributed by atoms with E-state index in [1.54, 1.807) is 4.90 Å². The molecule has 1 rings (SSSR count). The number of rotatable bonds is 9. The summed E-state index contributed by atoms with van der Waals surface area (Å²) in [5.74, 6) is 0. The number of carbonyl (C=O) groups excluding carboxylic acids is 1. The lowest BCUT2D eigenvalue weighted by Crippen LogP contribution is -2.44. The third-order valence-electron chi connectivity index (χ3n) is 5.18. The molecule has 1 aliphatic heterocycles. The Kier molecular flexibility index (Phi) is 8.52. The zero-order valence-electron chi connectivity index (χ0n) is 17.5. The van der Waals surface area contributed by atoms with Crippen LogP contribution < -0.4 is 0 Å². The molecule has 0 radical (unpaired) electrons. The van der Waals surface area contributed by atoms with Crippen LogP contribution in [0.5, 0.6) is 0 Å². The van der Waals surface area contributed by atoms with E-state index >= 15 is 0 Å². The van der Waals surface area contributed by atoms with Gasteiger partial charge in [-0.15, -0.1) is 0 Å². The molecule has 7 nitrogen and oxygen atoms in total. The van der Waals surface area contributed by atoms with Crippen LogP contribution in [0.4, 0.5) is 4.79 Å². The predicted octanol–water partition coefficient (Wildman–Crippen LogP) is 3.53. The Morgan fingerprint density at radius 1 is 1.33 bits per heavy atom.